The van der Waals surface area contributed by atoms with E-state index >= 15 is 4.39 Å². The maximum Gasteiger partial charge on any atom is 0.410 e. The van der Waals surface area contributed by atoms with Crippen molar-refractivity contribution in [1.82, 2.24) is 29.3 Å². The second-order valence-electron chi connectivity index (χ2n) is 10.1. The molecule has 34 heavy (non-hydrogen) atoms. The molecule has 178 valence electrons. The van der Waals surface area contributed by atoms with Crippen LogP contribution in [0.1, 0.15) is 50.9 Å². The Bertz CT molecular complexity index is 1390. The summed E-state index contributed by atoms with van der Waals surface area (Å²) in [5.74, 6) is -0.376. The van der Waals surface area contributed by atoms with E-state index in [-0.39, 0.29) is 18.0 Å². The highest BCUT2D eigenvalue weighted by atomic mass is 19.1. The zero-order valence-corrected chi connectivity index (χ0v) is 20.2. The standard InChI is InChI=1S/C25H29FN6O2/c1-15-10-21(28-32-13-16(2)27-23(15)32)17-11-18-14-31(29-22(18)20(26)12-17)19-6-8-30(9-7-19)24(33)34-25(3,4)5/h10-14,19H,6-9H2,1-5H3. The number of aromatic nitrogens is 5. The number of nitrogens with zero attached hydrogens (tertiary/aromatic N) is 6. The summed E-state index contributed by atoms with van der Waals surface area (Å²) in [7, 11) is 0. The van der Waals surface area contributed by atoms with Crippen molar-refractivity contribution in [1.29, 1.82) is 0 Å². The normalized spacial score (nSPS) is 15.4. The van der Waals surface area contributed by atoms with Crippen LogP contribution in [0.25, 0.3) is 27.8 Å². The van der Waals surface area contributed by atoms with E-state index in [4.69, 9.17) is 4.74 Å². The number of likely N-dealkylation sites (tertiary alicyclic amines) is 1. The van der Waals surface area contributed by atoms with Gasteiger partial charge in [0.1, 0.15) is 11.1 Å². The number of benzene rings is 1. The first kappa shape index (κ1) is 22.3. The molecule has 0 spiro atoms. The van der Waals surface area contributed by atoms with E-state index in [9.17, 15) is 4.79 Å². The number of piperidine rings is 1. The van der Waals surface area contributed by atoms with Gasteiger partial charge in [0.15, 0.2) is 11.5 Å². The highest BCUT2D eigenvalue weighted by molar-refractivity contribution is 5.84. The van der Waals surface area contributed by atoms with Gasteiger partial charge in [-0.05, 0) is 71.2 Å². The van der Waals surface area contributed by atoms with Crippen LogP contribution in [0.15, 0.2) is 30.6 Å². The molecule has 0 N–H and O–H groups in total. The van der Waals surface area contributed by atoms with Gasteiger partial charge in [0.05, 0.1) is 23.6 Å². The lowest BCUT2D eigenvalue weighted by Gasteiger charge is -2.33. The van der Waals surface area contributed by atoms with Crippen molar-refractivity contribution >= 4 is 22.6 Å². The number of ether oxygens (including phenoxy) is 1. The number of hydrogen-bond acceptors (Lipinski definition) is 5. The molecule has 9 heteroatoms. The average Bonchev–Trinajstić information content (AvgIpc) is 3.36. The van der Waals surface area contributed by atoms with Crippen LogP contribution in [0.2, 0.25) is 0 Å². The maximum atomic E-state index is 15.1. The fourth-order valence-corrected chi connectivity index (χ4v) is 4.47. The molecule has 5 rings (SSSR count). The van der Waals surface area contributed by atoms with Crippen LogP contribution < -0.4 is 0 Å². The number of carbonyl (C=O) groups is 1. The molecule has 1 aliphatic rings. The predicted molar refractivity (Wildman–Crippen MR) is 127 cm³/mol. The second-order valence-corrected chi connectivity index (χ2v) is 10.1. The third-order valence-corrected chi connectivity index (χ3v) is 6.10. The van der Waals surface area contributed by atoms with Crippen LogP contribution in [0.4, 0.5) is 9.18 Å². The summed E-state index contributed by atoms with van der Waals surface area (Å²) < 4.78 is 24.1. The third-order valence-electron chi connectivity index (χ3n) is 6.10. The van der Waals surface area contributed by atoms with Gasteiger partial charge < -0.3 is 9.64 Å². The van der Waals surface area contributed by atoms with Gasteiger partial charge in [-0.15, -0.1) is 0 Å². The zero-order chi connectivity index (χ0) is 24.2. The summed E-state index contributed by atoms with van der Waals surface area (Å²) in [6, 6.07) is 5.44. The van der Waals surface area contributed by atoms with Crippen molar-refractivity contribution in [3.05, 3.63) is 47.7 Å². The fraction of sp³-hybridized carbons (Fsp3) is 0.440. The quantitative estimate of drug-likeness (QED) is 0.414. The molecule has 0 unspecified atom stereocenters. The lowest BCUT2D eigenvalue weighted by molar-refractivity contribution is 0.0185. The van der Waals surface area contributed by atoms with E-state index in [2.05, 4.69) is 15.2 Å². The Kier molecular flexibility index (Phi) is 5.30. The molecule has 0 aliphatic carbocycles. The number of fused-ring (bicyclic) bond motifs is 2. The third kappa shape index (κ3) is 4.22. The Balaban J connectivity index is 1.39. The van der Waals surface area contributed by atoms with E-state index in [0.29, 0.717) is 29.9 Å². The molecule has 0 saturated carbocycles. The molecule has 1 aromatic carbocycles. The van der Waals surface area contributed by atoms with Gasteiger partial charge in [0, 0.05) is 30.2 Å². The SMILES string of the molecule is Cc1cn2nc(-c3cc(F)c4nn(C5CCN(C(=O)OC(C)(C)C)CC5)cc4c3)cc(C)c2n1. The van der Waals surface area contributed by atoms with Gasteiger partial charge in [-0.3, -0.25) is 4.68 Å². The molecule has 0 bridgehead atoms. The van der Waals surface area contributed by atoms with Gasteiger partial charge in [0.2, 0.25) is 0 Å². The number of rotatable bonds is 2. The largest absolute Gasteiger partial charge is 0.444 e. The molecule has 4 heterocycles. The number of carbonyl (C=O) groups excluding carboxylic acids is 1. The minimum absolute atomic E-state index is 0.0968. The molecule has 1 fully saturated rings. The Morgan fingerprint density at radius 1 is 1.09 bits per heavy atom. The number of amides is 1. The Morgan fingerprint density at radius 2 is 1.82 bits per heavy atom. The first-order valence-corrected chi connectivity index (χ1v) is 11.6. The Hall–Kier alpha value is -3.49. The topological polar surface area (TPSA) is 77.6 Å². The van der Waals surface area contributed by atoms with Crippen molar-refractivity contribution in [2.45, 2.75) is 59.1 Å². The number of aryl methyl sites for hydroxylation is 2. The smallest absolute Gasteiger partial charge is 0.410 e. The summed E-state index contributed by atoms with van der Waals surface area (Å²) in [5.41, 5.74) is 3.86. The number of hydrogen-bond donors (Lipinski definition) is 0. The van der Waals surface area contributed by atoms with Crippen molar-refractivity contribution < 1.29 is 13.9 Å². The fourth-order valence-electron chi connectivity index (χ4n) is 4.47. The summed E-state index contributed by atoms with van der Waals surface area (Å²) in [5, 5.41) is 9.90. The van der Waals surface area contributed by atoms with Gasteiger partial charge in [-0.1, -0.05) is 0 Å². The molecule has 1 amide bonds. The Labute approximate surface area is 197 Å². The van der Waals surface area contributed by atoms with Crippen molar-refractivity contribution in [2.24, 2.45) is 0 Å². The molecule has 3 aromatic heterocycles. The van der Waals surface area contributed by atoms with E-state index in [1.165, 1.54) is 6.07 Å². The first-order valence-electron chi connectivity index (χ1n) is 11.6. The summed E-state index contributed by atoms with van der Waals surface area (Å²) >= 11 is 0. The van der Waals surface area contributed by atoms with Crippen molar-refractivity contribution in [3.63, 3.8) is 0 Å². The van der Waals surface area contributed by atoms with E-state index in [1.807, 2.05) is 63.8 Å². The maximum absolute atomic E-state index is 15.1. The lowest BCUT2D eigenvalue weighted by Crippen LogP contribution is -2.42. The minimum Gasteiger partial charge on any atom is -0.444 e. The summed E-state index contributed by atoms with van der Waals surface area (Å²) in [6.07, 6.45) is 4.93. The van der Waals surface area contributed by atoms with Crippen LogP contribution in [0, 0.1) is 19.7 Å². The number of imidazole rings is 1. The molecular weight excluding hydrogens is 435 g/mol. The van der Waals surface area contributed by atoms with Gasteiger partial charge in [-0.25, -0.2) is 18.7 Å². The minimum atomic E-state index is -0.516. The first-order chi connectivity index (χ1) is 16.1. The molecule has 1 saturated heterocycles. The highest BCUT2D eigenvalue weighted by Crippen LogP contribution is 2.30. The zero-order valence-electron chi connectivity index (χ0n) is 20.2. The molecule has 8 nitrogen and oxygen atoms in total. The van der Waals surface area contributed by atoms with Gasteiger partial charge >= 0.3 is 6.09 Å². The van der Waals surface area contributed by atoms with Crippen LogP contribution in [-0.2, 0) is 4.74 Å². The number of halogens is 1. The van der Waals surface area contributed by atoms with E-state index in [1.54, 1.807) is 9.42 Å². The van der Waals surface area contributed by atoms with Gasteiger partial charge in [0.25, 0.3) is 0 Å². The van der Waals surface area contributed by atoms with Crippen molar-refractivity contribution in [3.8, 4) is 11.3 Å². The molecule has 4 aromatic rings. The van der Waals surface area contributed by atoms with Crippen LogP contribution >= 0.6 is 0 Å². The van der Waals surface area contributed by atoms with E-state index < -0.39 is 5.60 Å². The van der Waals surface area contributed by atoms with Crippen LogP contribution in [0.5, 0.6) is 0 Å². The second kappa shape index (κ2) is 8.07. The van der Waals surface area contributed by atoms with Crippen LogP contribution in [-0.4, -0.2) is 54.1 Å². The van der Waals surface area contributed by atoms with Gasteiger partial charge in [-0.2, -0.15) is 10.2 Å². The molecule has 1 aliphatic heterocycles. The highest BCUT2D eigenvalue weighted by Gasteiger charge is 2.28. The molecule has 0 atom stereocenters. The molecule has 0 radical (unpaired) electrons. The molecular formula is C25H29FN6O2. The lowest BCUT2D eigenvalue weighted by atomic mass is 10.1. The average molecular weight is 465 g/mol. The summed E-state index contributed by atoms with van der Waals surface area (Å²) in [4.78, 5) is 18.6. The predicted octanol–water partition coefficient (Wildman–Crippen LogP) is 5.07. The van der Waals surface area contributed by atoms with Crippen molar-refractivity contribution in [2.75, 3.05) is 13.1 Å². The van der Waals surface area contributed by atoms with Crippen LogP contribution in [0.3, 0.4) is 0 Å². The Morgan fingerprint density at radius 3 is 2.53 bits per heavy atom. The monoisotopic (exact) mass is 464 g/mol. The summed E-state index contributed by atoms with van der Waals surface area (Å²) in [6.45, 7) is 10.6. The van der Waals surface area contributed by atoms with E-state index in [0.717, 1.165) is 35.1 Å².